The first-order valence-electron chi connectivity index (χ1n) is 10.1. The highest BCUT2D eigenvalue weighted by atomic mass is 35.5. The summed E-state index contributed by atoms with van der Waals surface area (Å²) in [5.74, 6) is 1.53. The molecule has 6 heteroatoms. The highest BCUT2D eigenvalue weighted by molar-refractivity contribution is 6.30. The number of guanidine groups is 1. The zero-order chi connectivity index (χ0) is 19.0. The van der Waals surface area contributed by atoms with E-state index in [1.807, 2.05) is 19.2 Å². The van der Waals surface area contributed by atoms with Crippen LogP contribution in [0.1, 0.15) is 37.7 Å². The Hall–Kier alpha value is -1.30. The first kappa shape index (κ1) is 20.4. The molecule has 1 heterocycles. The van der Waals surface area contributed by atoms with E-state index in [9.17, 15) is 0 Å². The summed E-state index contributed by atoms with van der Waals surface area (Å²) in [6.07, 6.45) is 5.65. The maximum atomic E-state index is 6.01. The minimum Gasteiger partial charge on any atom is -0.381 e. The zero-order valence-electron chi connectivity index (χ0n) is 16.3. The summed E-state index contributed by atoms with van der Waals surface area (Å²) in [5.41, 5.74) is 1.59. The summed E-state index contributed by atoms with van der Waals surface area (Å²) >= 11 is 6.01. The van der Waals surface area contributed by atoms with Gasteiger partial charge in [0.2, 0.25) is 0 Å². The van der Waals surface area contributed by atoms with Crippen molar-refractivity contribution in [1.29, 1.82) is 0 Å². The van der Waals surface area contributed by atoms with Gasteiger partial charge in [0.25, 0.3) is 0 Å². The van der Waals surface area contributed by atoms with Gasteiger partial charge in [0.1, 0.15) is 0 Å². The number of rotatable bonds is 9. The van der Waals surface area contributed by atoms with Crippen LogP contribution in [-0.2, 0) is 14.9 Å². The molecule has 1 aromatic carbocycles. The van der Waals surface area contributed by atoms with Crippen molar-refractivity contribution in [3.8, 4) is 0 Å². The van der Waals surface area contributed by atoms with Gasteiger partial charge in [0.05, 0.1) is 0 Å². The van der Waals surface area contributed by atoms with Crippen molar-refractivity contribution in [3.63, 3.8) is 0 Å². The van der Waals surface area contributed by atoms with Gasteiger partial charge in [-0.2, -0.15) is 0 Å². The molecule has 0 aromatic heterocycles. The second-order valence-electron chi connectivity index (χ2n) is 7.62. The second kappa shape index (κ2) is 10.3. The number of aliphatic imine (C=N–C) groups is 1. The normalized spacial score (nSPS) is 19.7. The molecule has 0 amide bonds. The standard InChI is InChI=1S/C21H32ClN3O2/c1-23-20(24-11-2-12-27-15-17-7-13-26-14-8-17)25-16-21(9-10-21)18-3-5-19(22)6-4-18/h3-6,17H,2,7-16H2,1H3,(H2,23,24,25). The first-order valence-corrected chi connectivity index (χ1v) is 10.5. The Morgan fingerprint density at radius 2 is 1.96 bits per heavy atom. The molecule has 1 saturated heterocycles. The zero-order valence-corrected chi connectivity index (χ0v) is 17.1. The van der Waals surface area contributed by atoms with Crippen LogP contribution in [0.5, 0.6) is 0 Å². The fraction of sp³-hybridized carbons (Fsp3) is 0.667. The van der Waals surface area contributed by atoms with Crippen LogP contribution in [0.15, 0.2) is 29.3 Å². The Kier molecular flexibility index (Phi) is 7.80. The number of nitrogens with one attached hydrogen (secondary N) is 2. The summed E-state index contributed by atoms with van der Waals surface area (Å²) in [6, 6.07) is 8.24. The van der Waals surface area contributed by atoms with Crippen LogP contribution < -0.4 is 10.6 Å². The molecule has 1 saturated carbocycles. The molecule has 1 aliphatic carbocycles. The molecule has 0 unspecified atom stereocenters. The van der Waals surface area contributed by atoms with Crippen molar-refractivity contribution in [3.05, 3.63) is 34.9 Å². The molecular formula is C21H32ClN3O2. The predicted molar refractivity (Wildman–Crippen MR) is 111 cm³/mol. The maximum absolute atomic E-state index is 6.01. The van der Waals surface area contributed by atoms with Crippen LogP contribution in [0.3, 0.4) is 0 Å². The van der Waals surface area contributed by atoms with Crippen molar-refractivity contribution in [2.24, 2.45) is 10.9 Å². The Morgan fingerprint density at radius 3 is 2.63 bits per heavy atom. The topological polar surface area (TPSA) is 54.9 Å². The minimum atomic E-state index is 0.231. The van der Waals surface area contributed by atoms with Crippen molar-refractivity contribution in [1.82, 2.24) is 10.6 Å². The molecule has 0 spiro atoms. The lowest BCUT2D eigenvalue weighted by Gasteiger charge is -2.22. The molecule has 5 nitrogen and oxygen atoms in total. The third-order valence-electron chi connectivity index (χ3n) is 5.58. The summed E-state index contributed by atoms with van der Waals surface area (Å²) in [5, 5.41) is 7.66. The minimum absolute atomic E-state index is 0.231. The van der Waals surface area contributed by atoms with Crippen LogP contribution in [-0.4, -0.2) is 52.5 Å². The molecule has 1 aromatic rings. The lowest BCUT2D eigenvalue weighted by atomic mass is 9.96. The van der Waals surface area contributed by atoms with E-state index in [0.29, 0.717) is 5.92 Å². The summed E-state index contributed by atoms with van der Waals surface area (Å²) < 4.78 is 11.2. The summed E-state index contributed by atoms with van der Waals surface area (Å²) in [7, 11) is 1.82. The van der Waals surface area contributed by atoms with Gasteiger partial charge < -0.3 is 20.1 Å². The molecule has 0 bridgehead atoms. The van der Waals surface area contributed by atoms with E-state index < -0.39 is 0 Å². The van der Waals surface area contributed by atoms with E-state index in [0.717, 1.165) is 69.8 Å². The highest BCUT2D eigenvalue weighted by Crippen LogP contribution is 2.47. The lowest BCUT2D eigenvalue weighted by Crippen LogP contribution is -2.41. The number of hydrogen-bond donors (Lipinski definition) is 2. The first-order chi connectivity index (χ1) is 13.2. The van der Waals surface area contributed by atoms with Gasteiger partial charge >= 0.3 is 0 Å². The van der Waals surface area contributed by atoms with Crippen LogP contribution >= 0.6 is 11.6 Å². The molecule has 150 valence electrons. The van der Waals surface area contributed by atoms with E-state index in [1.165, 1.54) is 18.4 Å². The third-order valence-corrected chi connectivity index (χ3v) is 5.83. The molecule has 1 aliphatic heterocycles. The number of ether oxygens (including phenoxy) is 2. The van der Waals surface area contributed by atoms with Crippen LogP contribution in [0, 0.1) is 5.92 Å². The average Bonchev–Trinajstić information content (AvgIpc) is 3.49. The van der Waals surface area contributed by atoms with E-state index in [1.54, 1.807) is 0 Å². The van der Waals surface area contributed by atoms with Gasteiger partial charge in [-0.05, 0) is 55.7 Å². The fourth-order valence-electron chi connectivity index (χ4n) is 3.54. The number of nitrogens with zero attached hydrogens (tertiary/aromatic N) is 1. The van der Waals surface area contributed by atoms with Gasteiger partial charge in [-0.3, -0.25) is 4.99 Å². The van der Waals surface area contributed by atoms with Crippen molar-refractivity contribution >= 4 is 17.6 Å². The van der Waals surface area contributed by atoms with Gasteiger partial charge in [-0.1, -0.05) is 23.7 Å². The number of benzene rings is 1. The average molecular weight is 394 g/mol. The maximum Gasteiger partial charge on any atom is 0.191 e. The molecule has 0 radical (unpaired) electrons. The van der Waals surface area contributed by atoms with Crippen molar-refractivity contribution < 1.29 is 9.47 Å². The molecule has 2 aliphatic rings. The smallest absolute Gasteiger partial charge is 0.191 e. The quantitative estimate of drug-likeness (QED) is 0.383. The van der Waals surface area contributed by atoms with Crippen LogP contribution in [0.25, 0.3) is 0 Å². The Balaban J connectivity index is 1.30. The summed E-state index contributed by atoms with van der Waals surface area (Å²) in [4.78, 5) is 4.34. The SMILES string of the molecule is CN=C(NCCCOCC1CCOCC1)NCC1(c2ccc(Cl)cc2)CC1. The number of hydrogen-bond acceptors (Lipinski definition) is 3. The Labute approximate surface area is 167 Å². The lowest BCUT2D eigenvalue weighted by molar-refractivity contribution is 0.0203. The molecular weight excluding hydrogens is 362 g/mol. The van der Waals surface area contributed by atoms with Gasteiger partial charge in [-0.25, -0.2) is 0 Å². The predicted octanol–water partition coefficient (Wildman–Crippen LogP) is 3.37. The number of halogens is 1. The molecule has 2 N–H and O–H groups in total. The highest BCUT2D eigenvalue weighted by Gasteiger charge is 2.44. The largest absolute Gasteiger partial charge is 0.381 e. The van der Waals surface area contributed by atoms with Crippen LogP contribution in [0.4, 0.5) is 0 Å². The van der Waals surface area contributed by atoms with E-state index >= 15 is 0 Å². The third kappa shape index (κ3) is 6.37. The monoisotopic (exact) mass is 393 g/mol. The van der Waals surface area contributed by atoms with Crippen molar-refractivity contribution in [2.75, 3.05) is 46.6 Å². The summed E-state index contributed by atoms with van der Waals surface area (Å²) in [6.45, 7) is 5.18. The van der Waals surface area contributed by atoms with Gasteiger partial charge in [-0.15, -0.1) is 0 Å². The van der Waals surface area contributed by atoms with E-state index in [4.69, 9.17) is 21.1 Å². The Morgan fingerprint density at radius 1 is 1.22 bits per heavy atom. The molecule has 2 fully saturated rings. The van der Waals surface area contributed by atoms with Crippen molar-refractivity contribution in [2.45, 2.75) is 37.5 Å². The Bertz CT molecular complexity index is 596. The second-order valence-corrected chi connectivity index (χ2v) is 8.06. The van der Waals surface area contributed by atoms with E-state index in [2.05, 4.69) is 27.8 Å². The molecule has 3 rings (SSSR count). The molecule has 27 heavy (non-hydrogen) atoms. The van der Waals surface area contributed by atoms with E-state index in [-0.39, 0.29) is 5.41 Å². The van der Waals surface area contributed by atoms with Gasteiger partial charge in [0, 0.05) is 57.0 Å². The fourth-order valence-corrected chi connectivity index (χ4v) is 3.67. The molecule has 0 atom stereocenters. The van der Waals surface area contributed by atoms with Crippen LogP contribution in [0.2, 0.25) is 5.02 Å². The van der Waals surface area contributed by atoms with Gasteiger partial charge in [0.15, 0.2) is 5.96 Å².